The second-order valence-electron chi connectivity index (χ2n) is 7.90. The van der Waals surface area contributed by atoms with Crippen LogP contribution < -0.4 is 4.90 Å². The molecule has 0 spiro atoms. The number of anilines is 1. The number of hydrogen-bond acceptors (Lipinski definition) is 5. The van der Waals surface area contributed by atoms with Crippen molar-refractivity contribution in [3.8, 4) is 0 Å². The SMILES string of the molecule is CN(C(=O)OC(C)(C)C)C1CCN(c2nc(Cl)nc3c2CCC3)CC1. The highest BCUT2D eigenvalue weighted by atomic mass is 35.5. The molecular weight excluding hydrogens is 340 g/mol. The number of nitrogens with zero attached hydrogens (tertiary/aromatic N) is 4. The highest BCUT2D eigenvalue weighted by Gasteiger charge is 2.30. The lowest BCUT2D eigenvalue weighted by Gasteiger charge is -2.38. The van der Waals surface area contributed by atoms with E-state index >= 15 is 0 Å². The van der Waals surface area contributed by atoms with E-state index in [0.717, 1.165) is 56.7 Å². The molecule has 25 heavy (non-hydrogen) atoms. The van der Waals surface area contributed by atoms with Crippen LogP contribution in [0.25, 0.3) is 0 Å². The maximum Gasteiger partial charge on any atom is 0.410 e. The highest BCUT2D eigenvalue weighted by Crippen LogP contribution is 2.32. The summed E-state index contributed by atoms with van der Waals surface area (Å²) in [6.45, 7) is 7.39. The molecule has 1 aliphatic heterocycles. The molecule has 1 aliphatic carbocycles. The molecule has 2 heterocycles. The topological polar surface area (TPSA) is 58.6 Å². The van der Waals surface area contributed by atoms with Crippen molar-refractivity contribution in [2.24, 2.45) is 0 Å². The van der Waals surface area contributed by atoms with Crippen LogP contribution in [0.4, 0.5) is 10.6 Å². The van der Waals surface area contributed by atoms with Gasteiger partial charge in [-0.2, -0.15) is 0 Å². The number of rotatable bonds is 2. The van der Waals surface area contributed by atoms with Crippen molar-refractivity contribution in [2.45, 2.75) is 64.5 Å². The lowest BCUT2D eigenvalue weighted by Crippen LogP contribution is -2.47. The van der Waals surface area contributed by atoms with Crippen LogP contribution in [0.15, 0.2) is 0 Å². The third-order valence-corrected chi connectivity index (χ3v) is 5.05. The number of halogens is 1. The van der Waals surface area contributed by atoms with Gasteiger partial charge in [0.05, 0.1) is 5.69 Å². The molecule has 0 unspecified atom stereocenters. The Morgan fingerprint density at radius 1 is 1.24 bits per heavy atom. The molecule has 0 atom stereocenters. The number of amides is 1. The minimum Gasteiger partial charge on any atom is -0.444 e. The van der Waals surface area contributed by atoms with Crippen LogP contribution in [0, 0.1) is 0 Å². The Morgan fingerprint density at radius 3 is 2.56 bits per heavy atom. The van der Waals surface area contributed by atoms with E-state index in [-0.39, 0.29) is 12.1 Å². The number of piperidine rings is 1. The number of ether oxygens (including phenoxy) is 1. The van der Waals surface area contributed by atoms with E-state index in [4.69, 9.17) is 16.3 Å². The van der Waals surface area contributed by atoms with Crippen LogP contribution in [-0.2, 0) is 17.6 Å². The first-order valence-electron chi connectivity index (χ1n) is 9.00. The molecule has 0 radical (unpaired) electrons. The van der Waals surface area contributed by atoms with Crippen LogP contribution in [0.5, 0.6) is 0 Å². The van der Waals surface area contributed by atoms with Crippen LogP contribution in [0.3, 0.4) is 0 Å². The Kier molecular flexibility index (Phi) is 5.09. The predicted molar refractivity (Wildman–Crippen MR) is 98.3 cm³/mol. The second kappa shape index (κ2) is 6.98. The maximum atomic E-state index is 12.3. The molecule has 1 aromatic heterocycles. The van der Waals surface area contributed by atoms with Crippen LogP contribution in [0.2, 0.25) is 5.28 Å². The summed E-state index contributed by atoms with van der Waals surface area (Å²) in [6.07, 6.45) is 4.67. The van der Waals surface area contributed by atoms with Crippen molar-refractivity contribution in [1.82, 2.24) is 14.9 Å². The number of hydrogen-bond donors (Lipinski definition) is 0. The molecule has 1 saturated heterocycles. The monoisotopic (exact) mass is 366 g/mol. The van der Waals surface area contributed by atoms with Gasteiger partial charge in [0.1, 0.15) is 11.4 Å². The van der Waals surface area contributed by atoms with Crippen molar-refractivity contribution in [1.29, 1.82) is 0 Å². The smallest absolute Gasteiger partial charge is 0.410 e. The van der Waals surface area contributed by atoms with Crippen molar-refractivity contribution in [2.75, 3.05) is 25.0 Å². The van der Waals surface area contributed by atoms with E-state index in [1.165, 1.54) is 5.56 Å². The zero-order valence-electron chi connectivity index (χ0n) is 15.5. The Morgan fingerprint density at radius 2 is 1.92 bits per heavy atom. The van der Waals surface area contributed by atoms with Gasteiger partial charge in [0.25, 0.3) is 0 Å². The Hall–Kier alpha value is -1.56. The van der Waals surface area contributed by atoms with Gasteiger partial charge in [-0.05, 0) is 64.5 Å². The van der Waals surface area contributed by atoms with E-state index in [1.54, 1.807) is 4.90 Å². The Bertz CT molecular complexity index is 651. The van der Waals surface area contributed by atoms with Gasteiger partial charge in [0.2, 0.25) is 5.28 Å². The molecule has 1 aromatic rings. The average molecular weight is 367 g/mol. The first kappa shape index (κ1) is 18.2. The molecule has 3 rings (SSSR count). The molecule has 0 N–H and O–H groups in total. The van der Waals surface area contributed by atoms with Crippen molar-refractivity contribution >= 4 is 23.5 Å². The fourth-order valence-corrected chi connectivity index (χ4v) is 3.77. The molecule has 0 bridgehead atoms. The molecule has 1 fully saturated rings. The van der Waals surface area contributed by atoms with E-state index in [2.05, 4.69) is 14.9 Å². The number of aromatic nitrogens is 2. The van der Waals surface area contributed by atoms with Crippen LogP contribution in [-0.4, -0.2) is 52.7 Å². The minimum atomic E-state index is -0.468. The molecular formula is C18H27ClN4O2. The minimum absolute atomic E-state index is 0.191. The van der Waals surface area contributed by atoms with Gasteiger partial charge in [-0.15, -0.1) is 0 Å². The quantitative estimate of drug-likeness (QED) is 0.750. The molecule has 2 aliphatic rings. The Balaban J connectivity index is 1.64. The first-order valence-corrected chi connectivity index (χ1v) is 9.38. The predicted octanol–water partition coefficient (Wildman–Crippen LogP) is 3.45. The van der Waals surface area contributed by atoms with E-state index < -0.39 is 5.60 Å². The fraction of sp³-hybridized carbons (Fsp3) is 0.722. The fourth-order valence-electron chi connectivity index (χ4n) is 3.59. The van der Waals surface area contributed by atoms with Crippen LogP contribution >= 0.6 is 11.6 Å². The van der Waals surface area contributed by atoms with Gasteiger partial charge in [-0.3, -0.25) is 0 Å². The first-order chi connectivity index (χ1) is 11.7. The van der Waals surface area contributed by atoms with E-state index in [9.17, 15) is 4.79 Å². The van der Waals surface area contributed by atoms with Crippen LogP contribution in [0.1, 0.15) is 51.3 Å². The summed E-state index contributed by atoms with van der Waals surface area (Å²) in [4.78, 5) is 25.1. The molecule has 6 nitrogen and oxygen atoms in total. The summed E-state index contributed by atoms with van der Waals surface area (Å²) in [5.74, 6) is 0.992. The molecule has 0 aromatic carbocycles. The summed E-state index contributed by atoms with van der Waals surface area (Å²) < 4.78 is 5.48. The molecule has 138 valence electrons. The van der Waals surface area contributed by atoms with Gasteiger partial charge >= 0.3 is 6.09 Å². The zero-order chi connectivity index (χ0) is 18.2. The summed E-state index contributed by atoms with van der Waals surface area (Å²) in [6, 6.07) is 0.191. The van der Waals surface area contributed by atoms with Gasteiger partial charge in [0, 0.05) is 31.7 Å². The summed E-state index contributed by atoms with van der Waals surface area (Å²) in [7, 11) is 1.83. The van der Waals surface area contributed by atoms with E-state index in [1.807, 2.05) is 27.8 Å². The van der Waals surface area contributed by atoms with Crippen molar-refractivity contribution in [3.05, 3.63) is 16.5 Å². The molecule has 0 saturated carbocycles. The second-order valence-corrected chi connectivity index (χ2v) is 8.24. The van der Waals surface area contributed by atoms with Crippen molar-refractivity contribution in [3.63, 3.8) is 0 Å². The summed E-state index contributed by atoms with van der Waals surface area (Å²) in [5.41, 5.74) is 1.89. The zero-order valence-corrected chi connectivity index (χ0v) is 16.3. The third kappa shape index (κ3) is 4.17. The maximum absolute atomic E-state index is 12.3. The number of carbonyl (C=O) groups excluding carboxylic acids is 1. The molecule has 1 amide bonds. The highest BCUT2D eigenvalue weighted by molar-refractivity contribution is 6.28. The van der Waals surface area contributed by atoms with Gasteiger partial charge in [-0.25, -0.2) is 14.8 Å². The number of aryl methyl sites for hydroxylation is 1. The van der Waals surface area contributed by atoms with Gasteiger partial charge < -0.3 is 14.5 Å². The van der Waals surface area contributed by atoms with E-state index in [0.29, 0.717) is 5.28 Å². The van der Waals surface area contributed by atoms with Crippen molar-refractivity contribution < 1.29 is 9.53 Å². The Labute approximate surface area is 154 Å². The lowest BCUT2D eigenvalue weighted by molar-refractivity contribution is 0.0201. The average Bonchev–Trinajstić information content (AvgIpc) is 3.00. The molecule has 7 heteroatoms. The van der Waals surface area contributed by atoms with Gasteiger partial charge in [-0.1, -0.05) is 0 Å². The normalized spacial score (nSPS) is 18.2. The third-order valence-electron chi connectivity index (χ3n) is 4.88. The van der Waals surface area contributed by atoms with Gasteiger partial charge in [0.15, 0.2) is 0 Å². The number of fused-ring (bicyclic) bond motifs is 1. The number of carbonyl (C=O) groups is 1. The summed E-state index contributed by atoms with van der Waals surface area (Å²) >= 11 is 6.11. The largest absolute Gasteiger partial charge is 0.444 e. The lowest BCUT2D eigenvalue weighted by atomic mass is 10.0. The summed E-state index contributed by atoms with van der Waals surface area (Å²) in [5, 5.41) is 0.337. The standard InChI is InChI=1S/C18H27ClN4O2/c1-18(2,3)25-17(24)22(4)12-8-10-23(11-9-12)15-13-6-5-7-14(13)20-16(19)21-15/h12H,5-11H2,1-4H3.